The van der Waals surface area contributed by atoms with Crippen LogP contribution in [0.1, 0.15) is 81.7 Å². The van der Waals surface area contributed by atoms with E-state index in [2.05, 4.69) is 64.1 Å². The summed E-state index contributed by atoms with van der Waals surface area (Å²) in [6.07, 6.45) is 3.05. The lowest BCUT2D eigenvalue weighted by molar-refractivity contribution is -0.143. The molecular formula is C30H42O5. The van der Waals surface area contributed by atoms with E-state index < -0.39 is 5.79 Å². The van der Waals surface area contributed by atoms with Gasteiger partial charge in [0, 0.05) is 11.8 Å². The van der Waals surface area contributed by atoms with Gasteiger partial charge in [-0.05, 0) is 87.8 Å². The van der Waals surface area contributed by atoms with Crippen LogP contribution >= 0.6 is 0 Å². The lowest BCUT2D eigenvalue weighted by Crippen LogP contribution is -2.27. The fourth-order valence-electron chi connectivity index (χ4n) is 5.11. The molecule has 0 amide bonds. The summed E-state index contributed by atoms with van der Waals surface area (Å²) in [6, 6.07) is 13.3. The molecule has 5 nitrogen and oxygen atoms in total. The van der Waals surface area contributed by atoms with Crippen LogP contribution in [0.25, 0.3) is 0 Å². The molecule has 1 fully saturated rings. The Balaban J connectivity index is 1.78. The molecule has 2 aromatic rings. The fourth-order valence-corrected chi connectivity index (χ4v) is 5.11. The fraction of sp³-hybridized carbons (Fsp3) is 0.567. The van der Waals surface area contributed by atoms with Gasteiger partial charge in [-0.2, -0.15) is 0 Å². The molecular weight excluding hydrogens is 440 g/mol. The maximum atomic E-state index is 11.8. The van der Waals surface area contributed by atoms with Crippen molar-refractivity contribution in [2.24, 2.45) is 0 Å². The lowest BCUT2D eigenvalue weighted by atomic mass is 9.69. The van der Waals surface area contributed by atoms with Crippen molar-refractivity contribution < 1.29 is 23.7 Å². The zero-order valence-corrected chi connectivity index (χ0v) is 22.5. The molecule has 1 atom stereocenters. The smallest absolute Gasteiger partial charge is 0.306 e. The Hall–Kier alpha value is -2.37. The number of rotatable bonds is 11. The molecule has 35 heavy (non-hydrogen) atoms. The van der Waals surface area contributed by atoms with E-state index in [1.165, 1.54) is 22.3 Å². The molecule has 0 aliphatic carbocycles. The van der Waals surface area contributed by atoms with Gasteiger partial charge in [-0.15, -0.1) is 0 Å². The summed E-state index contributed by atoms with van der Waals surface area (Å²) in [6.45, 7) is 15.9. The normalized spacial score (nSPS) is 17.4. The first-order valence-electron chi connectivity index (χ1n) is 13.0. The van der Waals surface area contributed by atoms with Crippen LogP contribution in [0.4, 0.5) is 0 Å². The van der Waals surface area contributed by atoms with E-state index in [-0.39, 0.29) is 17.5 Å². The van der Waals surface area contributed by atoms with Crippen molar-refractivity contribution in [3.63, 3.8) is 0 Å². The molecule has 0 bridgehead atoms. The van der Waals surface area contributed by atoms with E-state index in [9.17, 15) is 4.79 Å². The van der Waals surface area contributed by atoms with Gasteiger partial charge in [-0.3, -0.25) is 4.79 Å². The minimum atomic E-state index is -0.540. The number of benzene rings is 2. The Morgan fingerprint density at radius 2 is 1.69 bits per heavy atom. The van der Waals surface area contributed by atoms with E-state index in [1.54, 1.807) is 0 Å². The van der Waals surface area contributed by atoms with Gasteiger partial charge in [-0.25, -0.2) is 0 Å². The van der Waals surface area contributed by atoms with Gasteiger partial charge in [0.05, 0.1) is 13.2 Å². The van der Waals surface area contributed by atoms with Crippen LogP contribution in [0.5, 0.6) is 5.75 Å². The van der Waals surface area contributed by atoms with E-state index in [1.807, 2.05) is 20.8 Å². The third-order valence-corrected chi connectivity index (χ3v) is 7.23. The molecule has 0 N–H and O–H groups in total. The Labute approximate surface area is 211 Å². The topological polar surface area (TPSA) is 54.0 Å². The molecule has 1 saturated heterocycles. The molecule has 1 heterocycles. The summed E-state index contributed by atoms with van der Waals surface area (Å²) in [7, 11) is 0. The SMILES string of the molecule is CCOC(=O)CCc1ccc(C(CC)(CC)c2ccc(OCC3COC(C)(C)O3)c(C)c2)cc1C. The van der Waals surface area contributed by atoms with Crippen LogP contribution in [-0.4, -0.2) is 37.7 Å². The van der Waals surface area contributed by atoms with Crippen LogP contribution in [0, 0.1) is 13.8 Å². The summed E-state index contributed by atoms with van der Waals surface area (Å²) >= 11 is 0. The Morgan fingerprint density at radius 3 is 2.23 bits per heavy atom. The van der Waals surface area contributed by atoms with Crippen LogP contribution in [0.15, 0.2) is 36.4 Å². The van der Waals surface area contributed by atoms with E-state index in [0.717, 1.165) is 24.2 Å². The standard InChI is InChI=1S/C30H42O5/c1-8-30(9-2,24-13-11-23(21(4)17-24)12-16-28(31)32-10-3)25-14-15-27(22(5)18-25)33-19-26-20-34-29(6,7)35-26/h11,13-15,17-18,26H,8-10,12,16,19-20H2,1-7H3. The molecule has 1 aliphatic heterocycles. The van der Waals surface area contributed by atoms with Gasteiger partial charge in [0.15, 0.2) is 5.79 Å². The number of hydrogen-bond donors (Lipinski definition) is 0. The minimum Gasteiger partial charge on any atom is -0.491 e. The number of carbonyl (C=O) groups excluding carboxylic acids is 1. The van der Waals surface area contributed by atoms with Gasteiger partial charge in [0.1, 0.15) is 18.5 Å². The Bertz CT molecular complexity index is 1010. The highest BCUT2D eigenvalue weighted by Crippen LogP contribution is 2.41. The third kappa shape index (κ3) is 6.45. The van der Waals surface area contributed by atoms with Crippen LogP contribution in [-0.2, 0) is 30.8 Å². The number of aryl methyl sites for hydroxylation is 3. The number of carbonyl (C=O) groups is 1. The Morgan fingerprint density at radius 1 is 1.03 bits per heavy atom. The zero-order valence-electron chi connectivity index (χ0n) is 22.5. The lowest BCUT2D eigenvalue weighted by Gasteiger charge is -2.34. The predicted octanol–water partition coefficient (Wildman–Crippen LogP) is 6.44. The molecule has 0 saturated carbocycles. The molecule has 0 aromatic heterocycles. The van der Waals surface area contributed by atoms with E-state index in [4.69, 9.17) is 18.9 Å². The van der Waals surface area contributed by atoms with Crippen LogP contribution in [0.3, 0.4) is 0 Å². The highest BCUT2D eigenvalue weighted by molar-refractivity contribution is 5.69. The molecule has 0 radical (unpaired) electrons. The van der Waals surface area contributed by atoms with Crippen molar-refractivity contribution in [3.05, 3.63) is 64.2 Å². The molecule has 3 rings (SSSR count). The number of ether oxygens (including phenoxy) is 4. The Kier molecular flexibility index (Phi) is 9.00. The average Bonchev–Trinajstić information content (AvgIpc) is 3.18. The minimum absolute atomic E-state index is 0.0558. The summed E-state index contributed by atoms with van der Waals surface area (Å²) in [4.78, 5) is 11.8. The molecule has 2 aromatic carbocycles. The first-order chi connectivity index (χ1) is 16.6. The molecule has 5 heteroatoms. The van der Waals surface area contributed by atoms with Crippen molar-refractivity contribution in [1.29, 1.82) is 0 Å². The van der Waals surface area contributed by atoms with Crippen LogP contribution in [0.2, 0.25) is 0 Å². The highest BCUT2D eigenvalue weighted by Gasteiger charge is 2.34. The van der Waals surface area contributed by atoms with Gasteiger partial charge < -0.3 is 18.9 Å². The first-order valence-corrected chi connectivity index (χ1v) is 13.0. The second-order valence-electron chi connectivity index (χ2n) is 9.98. The summed E-state index contributed by atoms with van der Waals surface area (Å²) < 4.78 is 22.7. The van der Waals surface area contributed by atoms with Crippen molar-refractivity contribution in [3.8, 4) is 5.75 Å². The molecule has 1 aliphatic rings. The third-order valence-electron chi connectivity index (χ3n) is 7.23. The quantitative estimate of drug-likeness (QED) is 0.345. The van der Waals surface area contributed by atoms with E-state index in [0.29, 0.717) is 32.7 Å². The van der Waals surface area contributed by atoms with Crippen molar-refractivity contribution in [2.75, 3.05) is 19.8 Å². The maximum Gasteiger partial charge on any atom is 0.306 e. The summed E-state index contributed by atoms with van der Waals surface area (Å²) in [5, 5.41) is 0. The molecule has 192 valence electrons. The molecule has 0 spiro atoms. The number of hydrogen-bond acceptors (Lipinski definition) is 5. The average molecular weight is 483 g/mol. The van der Waals surface area contributed by atoms with Crippen LogP contribution < -0.4 is 4.74 Å². The monoisotopic (exact) mass is 482 g/mol. The van der Waals surface area contributed by atoms with Crippen molar-refractivity contribution >= 4 is 5.97 Å². The van der Waals surface area contributed by atoms with Gasteiger partial charge in [0.25, 0.3) is 0 Å². The largest absolute Gasteiger partial charge is 0.491 e. The van der Waals surface area contributed by atoms with Crippen molar-refractivity contribution in [1.82, 2.24) is 0 Å². The number of esters is 1. The van der Waals surface area contributed by atoms with Gasteiger partial charge in [-0.1, -0.05) is 44.2 Å². The highest BCUT2D eigenvalue weighted by atomic mass is 16.7. The molecule has 1 unspecified atom stereocenters. The summed E-state index contributed by atoms with van der Waals surface area (Å²) in [5.74, 6) is 0.205. The first kappa shape index (κ1) is 27.2. The van der Waals surface area contributed by atoms with Crippen molar-refractivity contribution in [2.45, 2.75) is 91.5 Å². The second-order valence-corrected chi connectivity index (χ2v) is 9.98. The van der Waals surface area contributed by atoms with Gasteiger partial charge in [0.2, 0.25) is 0 Å². The maximum absolute atomic E-state index is 11.8. The van der Waals surface area contributed by atoms with Gasteiger partial charge >= 0.3 is 5.97 Å². The van der Waals surface area contributed by atoms with E-state index >= 15 is 0 Å². The zero-order chi connectivity index (χ0) is 25.6. The second kappa shape index (κ2) is 11.6. The predicted molar refractivity (Wildman–Crippen MR) is 139 cm³/mol. The summed E-state index contributed by atoms with van der Waals surface area (Å²) in [5.41, 5.74) is 6.06.